The molecule has 0 spiro atoms. The lowest BCUT2D eigenvalue weighted by Crippen LogP contribution is -2.42. The highest BCUT2D eigenvalue weighted by atomic mass is 32.1. The zero-order valence-corrected chi connectivity index (χ0v) is 12.0. The van der Waals surface area contributed by atoms with Crippen LogP contribution >= 0.6 is 11.3 Å². The van der Waals surface area contributed by atoms with Gasteiger partial charge in [0.2, 0.25) is 0 Å². The number of aliphatic hydroxyl groups is 1. The van der Waals surface area contributed by atoms with Crippen LogP contribution in [-0.4, -0.2) is 34.6 Å². The molecule has 3 nitrogen and oxygen atoms in total. The van der Waals surface area contributed by atoms with E-state index in [1.165, 1.54) is 0 Å². The monoisotopic (exact) mass is 255 g/mol. The number of carbonyl (C=O) groups excluding carboxylic acids is 1. The quantitative estimate of drug-likeness (QED) is 0.898. The standard InChI is InChI=1S/C13H21NO2S/c1-6-14(8-13(4,5)16)12(15)11-7-9(2)17-10(11)3/h7,16H,6,8H2,1-5H3. The Morgan fingerprint density at radius 2 is 2.06 bits per heavy atom. The summed E-state index contributed by atoms with van der Waals surface area (Å²) in [7, 11) is 0. The number of likely N-dealkylation sites (N-methyl/N-ethyl adjacent to an activating group) is 1. The smallest absolute Gasteiger partial charge is 0.255 e. The predicted octanol–water partition coefficient (Wildman–Crippen LogP) is 2.60. The van der Waals surface area contributed by atoms with E-state index in [4.69, 9.17) is 0 Å². The molecule has 96 valence electrons. The minimum absolute atomic E-state index is 0.0106. The summed E-state index contributed by atoms with van der Waals surface area (Å²) in [5, 5.41) is 9.80. The molecule has 0 aliphatic heterocycles. The zero-order chi connectivity index (χ0) is 13.2. The van der Waals surface area contributed by atoms with Crippen molar-refractivity contribution < 1.29 is 9.90 Å². The Labute approximate surface area is 107 Å². The van der Waals surface area contributed by atoms with Crippen molar-refractivity contribution in [1.82, 2.24) is 4.90 Å². The third-order valence-electron chi connectivity index (χ3n) is 2.52. The molecular weight excluding hydrogens is 234 g/mol. The third kappa shape index (κ3) is 3.82. The van der Waals surface area contributed by atoms with Gasteiger partial charge in [0.05, 0.1) is 11.2 Å². The van der Waals surface area contributed by atoms with E-state index in [9.17, 15) is 9.90 Å². The molecule has 0 saturated heterocycles. The lowest BCUT2D eigenvalue weighted by atomic mass is 10.1. The molecule has 0 atom stereocenters. The van der Waals surface area contributed by atoms with Gasteiger partial charge in [-0.2, -0.15) is 0 Å². The van der Waals surface area contributed by atoms with Gasteiger partial charge in [-0.3, -0.25) is 4.79 Å². The lowest BCUT2D eigenvalue weighted by molar-refractivity contribution is 0.0314. The van der Waals surface area contributed by atoms with Gasteiger partial charge in [-0.15, -0.1) is 11.3 Å². The summed E-state index contributed by atoms with van der Waals surface area (Å²) >= 11 is 1.63. The molecule has 1 heterocycles. The lowest BCUT2D eigenvalue weighted by Gasteiger charge is -2.28. The van der Waals surface area contributed by atoms with Gasteiger partial charge in [-0.1, -0.05) is 0 Å². The Kier molecular flexibility index (Phi) is 4.33. The van der Waals surface area contributed by atoms with Crippen molar-refractivity contribution in [2.24, 2.45) is 0 Å². The number of aryl methyl sites for hydroxylation is 2. The molecule has 0 aliphatic carbocycles. The van der Waals surface area contributed by atoms with E-state index < -0.39 is 5.60 Å². The SMILES string of the molecule is CCN(CC(C)(C)O)C(=O)c1cc(C)sc1C. The predicted molar refractivity (Wildman–Crippen MR) is 71.7 cm³/mol. The van der Waals surface area contributed by atoms with E-state index in [0.717, 1.165) is 15.3 Å². The number of hydrogen-bond donors (Lipinski definition) is 1. The van der Waals surface area contributed by atoms with E-state index in [1.807, 2.05) is 26.8 Å². The van der Waals surface area contributed by atoms with E-state index in [-0.39, 0.29) is 5.91 Å². The molecule has 0 fully saturated rings. The van der Waals surface area contributed by atoms with Crippen LogP contribution in [-0.2, 0) is 0 Å². The summed E-state index contributed by atoms with van der Waals surface area (Å²) in [6.07, 6.45) is 0. The Morgan fingerprint density at radius 3 is 2.41 bits per heavy atom. The van der Waals surface area contributed by atoms with Gasteiger partial charge in [-0.05, 0) is 40.7 Å². The molecule has 1 N–H and O–H groups in total. The second kappa shape index (κ2) is 5.19. The Bertz CT molecular complexity index is 404. The fourth-order valence-corrected chi connectivity index (χ4v) is 2.72. The highest BCUT2D eigenvalue weighted by molar-refractivity contribution is 7.12. The van der Waals surface area contributed by atoms with E-state index in [1.54, 1.807) is 30.1 Å². The van der Waals surface area contributed by atoms with Crippen molar-refractivity contribution in [2.45, 2.75) is 40.2 Å². The summed E-state index contributed by atoms with van der Waals surface area (Å²) < 4.78 is 0. The maximum absolute atomic E-state index is 12.3. The summed E-state index contributed by atoms with van der Waals surface area (Å²) in [6.45, 7) is 10.3. The number of hydrogen-bond acceptors (Lipinski definition) is 3. The number of amides is 1. The maximum Gasteiger partial charge on any atom is 0.255 e. The van der Waals surface area contributed by atoms with Gasteiger partial charge >= 0.3 is 0 Å². The fourth-order valence-electron chi connectivity index (χ4n) is 1.81. The molecule has 0 aliphatic rings. The molecule has 1 rings (SSSR count). The van der Waals surface area contributed by atoms with E-state index in [2.05, 4.69) is 0 Å². The second-order valence-electron chi connectivity index (χ2n) is 4.96. The van der Waals surface area contributed by atoms with E-state index >= 15 is 0 Å². The number of nitrogens with zero attached hydrogens (tertiary/aromatic N) is 1. The molecular formula is C13H21NO2S. The molecule has 0 unspecified atom stereocenters. The minimum Gasteiger partial charge on any atom is -0.389 e. The first kappa shape index (κ1) is 14.2. The molecule has 0 radical (unpaired) electrons. The highest BCUT2D eigenvalue weighted by Crippen LogP contribution is 2.22. The molecule has 0 bridgehead atoms. The Morgan fingerprint density at radius 1 is 1.47 bits per heavy atom. The topological polar surface area (TPSA) is 40.5 Å². The van der Waals surface area contributed by atoms with Crippen LogP contribution in [0, 0.1) is 13.8 Å². The third-order valence-corrected chi connectivity index (χ3v) is 3.48. The van der Waals surface area contributed by atoms with Crippen LogP contribution in [0.3, 0.4) is 0 Å². The van der Waals surface area contributed by atoms with Crippen molar-refractivity contribution in [2.75, 3.05) is 13.1 Å². The molecule has 1 amide bonds. The van der Waals surface area contributed by atoms with Gasteiger partial charge in [0.15, 0.2) is 0 Å². The fraction of sp³-hybridized carbons (Fsp3) is 0.615. The van der Waals surface area contributed by atoms with Crippen molar-refractivity contribution in [1.29, 1.82) is 0 Å². The number of thiophene rings is 1. The number of carbonyl (C=O) groups is 1. The minimum atomic E-state index is -0.857. The van der Waals surface area contributed by atoms with Gasteiger partial charge in [0.1, 0.15) is 0 Å². The van der Waals surface area contributed by atoms with Gasteiger partial charge in [-0.25, -0.2) is 0 Å². The van der Waals surface area contributed by atoms with E-state index in [0.29, 0.717) is 13.1 Å². The summed E-state index contributed by atoms with van der Waals surface area (Å²) in [5.74, 6) is 0.0106. The zero-order valence-electron chi connectivity index (χ0n) is 11.2. The summed E-state index contributed by atoms with van der Waals surface area (Å²) in [5.41, 5.74) is -0.0939. The maximum atomic E-state index is 12.3. The van der Waals surface area contributed by atoms with Crippen LogP contribution in [0.15, 0.2) is 6.07 Å². The molecule has 0 aromatic carbocycles. The van der Waals surface area contributed by atoms with Crippen LogP contribution < -0.4 is 0 Å². The Hall–Kier alpha value is -0.870. The summed E-state index contributed by atoms with van der Waals surface area (Å²) in [6, 6.07) is 1.93. The molecule has 17 heavy (non-hydrogen) atoms. The van der Waals surface area contributed by atoms with Crippen LogP contribution in [0.5, 0.6) is 0 Å². The van der Waals surface area contributed by atoms with Crippen molar-refractivity contribution in [3.05, 3.63) is 21.4 Å². The van der Waals surface area contributed by atoms with Gasteiger partial charge in [0, 0.05) is 22.8 Å². The molecule has 4 heteroatoms. The van der Waals surface area contributed by atoms with Crippen molar-refractivity contribution in [3.63, 3.8) is 0 Å². The normalized spacial score (nSPS) is 11.6. The number of rotatable bonds is 4. The Balaban J connectivity index is 2.90. The van der Waals surface area contributed by atoms with Crippen LogP contribution in [0.4, 0.5) is 0 Å². The van der Waals surface area contributed by atoms with Crippen molar-refractivity contribution >= 4 is 17.2 Å². The summed E-state index contributed by atoms with van der Waals surface area (Å²) in [4.78, 5) is 16.2. The highest BCUT2D eigenvalue weighted by Gasteiger charge is 2.23. The van der Waals surface area contributed by atoms with Crippen LogP contribution in [0.2, 0.25) is 0 Å². The van der Waals surface area contributed by atoms with Crippen LogP contribution in [0.25, 0.3) is 0 Å². The average Bonchev–Trinajstić information content (AvgIpc) is 2.52. The first-order valence-electron chi connectivity index (χ1n) is 5.83. The van der Waals surface area contributed by atoms with Gasteiger partial charge in [0.25, 0.3) is 5.91 Å². The molecule has 1 aromatic heterocycles. The van der Waals surface area contributed by atoms with Gasteiger partial charge < -0.3 is 10.0 Å². The first-order valence-corrected chi connectivity index (χ1v) is 6.65. The van der Waals surface area contributed by atoms with Crippen LogP contribution in [0.1, 0.15) is 40.9 Å². The second-order valence-corrected chi connectivity index (χ2v) is 6.42. The molecule has 1 aromatic rings. The first-order chi connectivity index (χ1) is 7.74. The largest absolute Gasteiger partial charge is 0.389 e. The average molecular weight is 255 g/mol. The van der Waals surface area contributed by atoms with Crippen molar-refractivity contribution in [3.8, 4) is 0 Å². The molecule has 0 saturated carbocycles.